The van der Waals surface area contributed by atoms with E-state index in [0.717, 1.165) is 5.56 Å². The van der Waals surface area contributed by atoms with E-state index in [4.69, 9.17) is 10.5 Å². The molecule has 0 aliphatic rings. The monoisotopic (exact) mass is 207 g/mol. The Hall–Kier alpha value is -1.35. The topological polar surface area (TPSA) is 52.3 Å². The highest BCUT2D eigenvalue weighted by molar-refractivity contribution is 5.73. The van der Waals surface area contributed by atoms with Crippen molar-refractivity contribution in [3.05, 3.63) is 35.9 Å². The molecule has 1 aromatic rings. The molecule has 0 aliphatic heterocycles. The van der Waals surface area contributed by atoms with Gasteiger partial charge in [0.2, 0.25) is 0 Å². The highest BCUT2D eigenvalue weighted by atomic mass is 16.5. The maximum absolute atomic E-state index is 11.4. The highest BCUT2D eigenvalue weighted by Crippen LogP contribution is 2.26. The van der Waals surface area contributed by atoms with E-state index in [-0.39, 0.29) is 11.9 Å². The van der Waals surface area contributed by atoms with E-state index in [1.807, 2.05) is 37.3 Å². The lowest BCUT2D eigenvalue weighted by molar-refractivity contribution is -0.147. The molecule has 1 rings (SSSR count). The molecule has 0 aromatic heterocycles. The first-order valence-corrected chi connectivity index (χ1v) is 4.92. The van der Waals surface area contributed by atoms with Gasteiger partial charge in [0.25, 0.3) is 0 Å². The van der Waals surface area contributed by atoms with Crippen molar-refractivity contribution in [2.75, 3.05) is 7.11 Å². The summed E-state index contributed by atoms with van der Waals surface area (Å²) < 4.78 is 4.70. The molecule has 0 heterocycles. The molecule has 2 N–H and O–H groups in total. The standard InChI is InChI=1S/C12H17NO2/c1-9(11(14)15-3)12(2,13)10-7-5-4-6-8-10/h4-9H,13H2,1-3H3/t9-,12+/m1/s1. The molecule has 0 saturated heterocycles. The summed E-state index contributed by atoms with van der Waals surface area (Å²) in [6.45, 7) is 3.61. The molecule has 3 heteroatoms. The average Bonchev–Trinajstić information content (AvgIpc) is 2.28. The fourth-order valence-corrected chi connectivity index (χ4v) is 1.47. The van der Waals surface area contributed by atoms with Crippen molar-refractivity contribution >= 4 is 5.97 Å². The second-order valence-corrected chi connectivity index (χ2v) is 3.89. The lowest BCUT2D eigenvalue weighted by Gasteiger charge is -2.30. The summed E-state index contributed by atoms with van der Waals surface area (Å²) in [5.74, 6) is -0.659. The number of esters is 1. The Morgan fingerprint density at radius 3 is 2.40 bits per heavy atom. The largest absolute Gasteiger partial charge is 0.469 e. The zero-order valence-electron chi connectivity index (χ0n) is 9.36. The van der Waals surface area contributed by atoms with Gasteiger partial charge in [-0.05, 0) is 19.4 Å². The molecule has 0 spiro atoms. The molecule has 0 saturated carbocycles. The van der Waals surface area contributed by atoms with E-state index in [9.17, 15) is 4.79 Å². The summed E-state index contributed by atoms with van der Waals surface area (Å²) in [5, 5.41) is 0. The Morgan fingerprint density at radius 2 is 1.93 bits per heavy atom. The van der Waals surface area contributed by atoms with E-state index in [1.54, 1.807) is 6.92 Å². The van der Waals surface area contributed by atoms with Crippen LogP contribution in [0.1, 0.15) is 19.4 Å². The van der Waals surface area contributed by atoms with E-state index >= 15 is 0 Å². The predicted octanol–water partition coefficient (Wildman–Crippen LogP) is 1.67. The zero-order valence-corrected chi connectivity index (χ0v) is 9.36. The molecule has 0 amide bonds. The van der Waals surface area contributed by atoms with Gasteiger partial charge in [0.05, 0.1) is 18.6 Å². The van der Waals surface area contributed by atoms with Crippen molar-refractivity contribution in [2.45, 2.75) is 19.4 Å². The number of hydrogen-bond donors (Lipinski definition) is 1. The van der Waals surface area contributed by atoms with Crippen LogP contribution in [0, 0.1) is 5.92 Å². The molecule has 0 radical (unpaired) electrons. The smallest absolute Gasteiger partial charge is 0.310 e. The first kappa shape index (κ1) is 11.7. The molecule has 3 nitrogen and oxygen atoms in total. The van der Waals surface area contributed by atoms with Crippen molar-refractivity contribution in [3.63, 3.8) is 0 Å². The van der Waals surface area contributed by atoms with E-state index < -0.39 is 5.54 Å². The van der Waals surface area contributed by atoms with Crippen molar-refractivity contribution < 1.29 is 9.53 Å². The van der Waals surface area contributed by atoms with Crippen LogP contribution in [0.4, 0.5) is 0 Å². The molecule has 0 fully saturated rings. The Morgan fingerprint density at radius 1 is 1.40 bits per heavy atom. The van der Waals surface area contributed by atoms with E-state index in [1.165, 1.54) is 7.11 Å². The van der Waals surface area contributed by atoms with E-state index in [0.29, 0.717) is 0 Å². The van der Waals surface area contributed by atoms with Crippen LogP contribution in [0.2, 0.25) is 0 Å². The van der Waals surface area contributed by atoms with Crippen LogP contribution in [0.3, 0.4) is 0 Å². The number of nitrogens with two attached hydrogens (primary N) is 1. The first-order valence-electron chi connectivity index (χ1n) is 4.92. The minimum Gasteiger partial charge on any atom is -0.469 e. The molecule has 0 bridgehead atoms. The molecular weight excluding hydrogens is 190 g/mol. The lowest BCUT2D eigenvalue weighted by atomic mass is 9.81. The number of rotatable bonds is 3. The third-order valence-electron chi connectivity index (χ3n) is 2.85. The maximum Gasteiger partial charge on any atom is 0.310 e. The van der Waals surface area contributed by atoms with Crippen LogP contribution in [0.25, 0.3) is 0 Å². The number of carbonyl (C=O) groups excluding carboxylic acids is 1. The normalized spacial score (nSPS) is 16.5. The van der Waals surface area contributed by atoms with Gasteiger partial charge in [0.15, 0.2) is 0 Å². The maximum atomic E-state index is 11.4. The van der Waals surface area contributed by atoms with Crippen molar-refractivity contribution in [3.8, 4) is 0 Å². The van der Waals surface area contributed by atoms with Gasteiger partial charge >= 0.3 is 5.97 Å². The van der Waals surface area contributed by atoms with Crippen molar-refractivity contribution in [1.29, 1.82) is 0 Å². The fourth-order valence-electron chi connectivity index (χ4n) is 1.47. The van der Waals surface area contributed by atoms with Crippen molar-refractivity contribution in [2.24, 2.45) is 11.7 Å². The highest BCUT2D eigenvalue weighted by Gasteiger charge is 2.34. The third-order valence-corrected chi connectivity index (χ3v) is 2.85. The van der Waals surface area contributed by atoms with Crippen LogP contribution >= 0.6 is 0 Å². The Kier molecular flexibility index (Phi) is 3.48. The van der Waals surface area contributed by atoms with Gasteiger partial charge in [-0.1, -0.05) is 30.3 Å². The predicted molar refractivity (Wildman–Crippen MR) is 59.2 cm³/mol. The second-order valence-electron chi connectivity index (χ2n) is 3.89. The molecule has 15 heavy (non-hydrogen) atoms. The lowest BCUT2D eigenvalue weighted by Crippen LogP contribution is -2.44. The Labute approximate surface area is 90.2 Å². The summed E-state index contributed by atoms with van der Waals surface area (Å²) in [7, 11) is 1.37. The molecule has 82 valence electrons. The molecule has 0 aliphatic carbocycles. The minimum atomic E-state index is -0.700. The SMILES string of the molecule is COC(=O)[C@@H](C)[C@](C)(N)c1ccccc1. The number of carbonyl (C=O) groups is 1. The summed E-state index contributed by atoms with van der Waals surface area (Å²) in [6.07, 6.45) is 0. The van der Waals surface area contributed by atoms with Crippen molar-refractivity contribution in [1.82, 2.24) is 0 Å². The third kappa shape index (κ3) is 2.36. The average molecular weight is 207 g/mol. The zero-order chi connectivity index (χ0) is 11.5. The number of methoxy groups -OCH3 is 1. The van der Waals surface area contributed by atoms with Crippen LogP contribution in [-0.4, -0.2) is 13.1 Å². The van der Waals surface area contributed by atoms with E-state index in [2.05, 4.69) is 0 Å². The summed E-state index contributed by atoms with van der Waals surface area (Å²) in [4.78, 5) is 11.4. The molecule has 2 atom stereocenters. The second kappa shape index (κ2) is 4.45. The van der Waals surface area contributed by atoms with Gasteiger partial charge < -0.3 is 10.5 Å². The van der Waals surface area contributed by atoms with Gasteiger partial charge in [0.1, 0.15) is 0 Å². The summed E-state index contributed by atoms with van der Waals surface area (Å²) >= 11 is 0. The minimum absolute atomic E-state index is 0.288. The summed E-state index contributed by atoms with van der Waals surface area (Å²) in [6, 6.07) is 9.57. The Bertz CT molecular complexity index is 333. The van der Waals surface area contributed by atoms with Crippen LogP contribution in [-0.2, 0) is 15.1 Å². The van der Waals surface area contributed by atoms with Crippen LogP contribution in [0.5, 0.6) is 0 Å². The quantitative estimate of drug-likeness (QED) is 0.767. The van der Waals surface area contributed by atoms with Gasteiger partial charge in [-0.2, -0.15) is 0 Å². The Balaban J connectivity index is 2.97. The number of benzene rings is 1. The fraction of sp³-hybridized carbons (Fsp3) is 0.417. The van der Waals surface area contributed by atoms with Gasteiger partial charge in [-0.15, -0.1) is 0 Å². The molecular formula is C12H17NO2. The first-order chi connectivity index (χ1) is 7.00. The van der Waals surface area contributed by atoms with Crippen LogP contribution < -0.4 is 5.73 Å². The van der Waals surface area contributed by atoms with Crippen LogP contribution in [0.15, 0.2) is 30.3 Å². The molecule has 0 unspecified atom stereocenters. The van der Waals surface area contributed by atoms with Gasteiger partial charge in [-0.25, -0.2) is 0 Å². The number of ether oxygens (including phenoxy) is 1. The van der Waals surface area contributed by atoms with Gasteiger partial charge in [-0.3, -0.25) is 4.79 Å². The molecule has 1 aromatic carbocycles. The summed E-state index contributed by atoms with van der Waals surface area (Å²) in [5.41, 5.74) is 6.39. The number of hydrogen-bond acceptors (Lipinski definition) is 3. The van der Waals surface area contributed by atoms with Gasteiger partial charge in [0, 0.05) is 0 Å².